The van der Waals surface area contributed by atoms with Crippen molar-refractivity contribution in [2.75, 3.05) is 0 Å². The van der Waals surface area contributed by atoms with Gasteiger partial charge in [-0.2, -0.15) is 8.78 Å². The maximum atomic E-state index is 12.8. The molecule has 0 unspecified atom stereocenters. The number of hydrogen-bond acceptors (Lipinski definition) is 2. The predicted molar refractivity (Wildman–Crippen MR) is 36.3 cm³/mol. The van der Waals surface area contributed by atoms with Gasteiger partial charge in [0, 0.05) is 0 Å². The molecule has 0 aromatic heterocycles. The molecule has 2 N–H and O–H groups in total. The summed E-state index contributed by atoms with van der Waals surface area (Å²) in [6, 6.07) is 0. The Morgan fingerprint density at radius 1 is 1.43 bits per heavy atom. The number of rotatable bonds is 3. The van der Waals surface area contributed by atoms with Crippen LogP contribution in [0.3, 0.4) is 0 Å². The number of aliphatic hydroxyl groups excluding tert-OH is 1. The highest BCUT2D eigenvalue weighted by Crippen LogP contribution is 2.54. The van der Waals surface area contributed by atoms with Crippen LogP contribution in [0.25, 0.3) is 0 Å². The zero-order valence-corrected chi connectivity index (χ0v) is 6.88. The fraction of sp³-hybridized carbons (Fsp3) is 0.857. The van der Waals surface area contributed by atoms with Crippen LogP contribution in [0.1, 0.15) is 12.8 Å². The molecule has 82 valence electrons. The number of hydrogen-bond donors (Lipinski definition) is 2. The molecule has 0 aromatic carbocycles. The minimum atomic E-state index is -4.60. The first-order valence-electron chi connectivity index (χ1n) is 3.81. The second-order valence-corrected chi connectivity index (χ2v) is 3.37. The summed E-state index contributed by atoms with van der Waals surface area (Å²) in [7, 11) is 0. The summed E-state index contributed by atoms with van der Waals surface area (Å²) >= 11 is 0. The molecule has 1 fully saturated rings. The molecule has 0 heterocycles. The molecule has 0 aliphatic heterocycles. The maximum absolute atomic E-state index is 12.8. The minimum Gasteiger partial charge on any atom is -0.481 e. The zero-order valence-electron chi connectivity index (χ0n) is 6.88. The van der Waals surface area contributed by atoms with E-state index in [2.05, 4.69) is 0 Å². The van der Waals surface area contributed by atoms with Crippen LogP contribution in [0.5, 0.6) is 0 Å². The molecule has 0 bridgehead atoms. The average Bonchev–Trinajstić information content (AvgIpc) is 1.96. The van der Waals surface area contributed by atoms with Crippen molar-refractivity contribution in [1.29, 1.82) is 0 Å². The monoisotopic (exact) mass is 216 g/mol. The minimum absolute atomic E-state index is 0.834. The van der Waals surface area contributed by atoms with Crippen LogP contribution >= 0.6 is 0 Å². The third-order valence-corrected chi connectivity index (χ3v) is 2.49. The number of carboxylic acids is 1. The van der Waals surface area contributed by atoms with Gasteiger partial charge >= 0.3 is 18.3 Å². The van der Waals surface area contributed by atoms with Gasteiger partial charge in [-0.05, 0) is 12.8 Å². The van der Waals surface area contributed by atoms with Gasteiger partial charge < -0.3 is 10.2 Å². The summed E-state index contributed by atoms with van der Waals surface area (Å²) < 4.78 is 49.5. The molecule has 0 saturated heterocycles. The van der Waals surface area contributed by atoms with E-state index in [-0.39, 0.29) is 0 Å². The molecule has 14 heavy (non-hydrogen) atoms. The third kappa shape index (κ3) is 1.26. The van der Waals surface area contributed by atoms with Crippen molar-refractivity contribution in [3.05, 3.63) is 0 Å². The Morgan fingerprint density at radius 3 is 2.07 bits per heavy atom. The average molecular weight is 216 g/mol. The highest BCUT2D eigenvalue weighted by atomic mass is 19.3. The first-order chi connectivity index (χ1) is 6.24. The topological polar surface area (TPSA) is 57.5 Å². The standard InChI is InChI=1S/C7H8F4O3/c8-4(9)7(10,11)6(5(13)14)1-3(12)2-6/h3-4,12H,1-2H2,(H,13,14). The predicted octanol–water partition coefficient (Wildman–Crippen LogP) is 1.11. The van der Waals surface area contributed by atoms with Gasteiger partial charge in [-0.1, -0.05) is 0 Å². The number of alkyl halides is 4. The lowest BCUT2D eigenvalue weighted by molar-refractivity contribution is -0.256. The van der Waals surface area contributed by atoms with E-state index in [9.17, 15) is 22.4 Å². The second kappa shape index (κ2) is 3.08. The molecular formula is C7H8F4O3. The van der Waals surface area contributed by atoms with Gasteiger partial charge in [0.2, 0.25) is 0 Å². The summed E-state index contributed by atoms with van der Waals surface area (Å²) in [5.41, 5.74) is -2.80. The molecule has 0 spiro atoms. The van der Waals surface area contributed by atoms with Gasteiger partial charge in [-0.3, -0.25) is 4.79 Å². The Hall–Kier alpha value is -0.850. The van der Waals surface area contributed by atoms with E-state index in [0.717, 1.165) is 0 Å². The molecule has 1 aliphatic carbocycles. The molecule has 1 aliphatic rings. The maximum Gasteiger partial charge on any atom is 0.323 e. The van der Waals surface area contributed by atoms with Crippen molar-refractivity contribution in [2.45, 2.75) is 31.3 Å². The molecule has 1 saturated carbocycles. The van der Waals surface area contributed by atoms with Crippen LogP contribution in [0, 0.1) is 5.41 Å². The molecule has 0 radical (unpaired) electrons. The fourth-order valence-electron chi connectivity index (χ4n) is 1.54. The molecule has 3 nitrogen and oxygen atoms in total. The second-order valence-electron chi connectivity index (χ2n) is 3.37. The SMILES string of the molecule is O=C(O)C1(C(F)(F)C(F)F)CC(O)C1. The number of aliphatic hydroxyl groups is 1. The van der Waals surface area contributed by atoms with Gasteiger partial charge in [0.05, 0.1) is 6.10 Å². The first-order valence-corrected chi connectivity index (χ1v) is 3.81. The highest BCUT2D eigenvalue weighted by molar-refractivity contribution is 5.77. The van der Waals surface area contributed by atoms with E-state index in [1.165, 1.54) is 0 Å². The van der Waals surface area contributed by atoms with Gasteiger partial charge in [0.15, 0.2) is 0 Å². The summed E-state index contributed by atoms with van der Waals surface area (Å²) in [6.45, 7) is 0. The molecule has 0 amide bonds. The Labute approximate surface area is 76.3 Å². The van der Waals surface area contributed by atoms with E-state index in [1.54, 1.807) is 0 Å². The van der Waals surface area contributed by atoms with Crippen molar-refractivity contribution < 1.29 is 32.6 Å². The number of aliphatic carboxylic acids is 1. The summed E-state index contributed by atoms with van der Waals surface area (Å²) in [5, 5.41) is 17.2. The lowest BCUT2D eigenvalue weighted by atomic mass is 9.62. The van der Waals surface area contributed by atoms with Crippen molar-refractivity contribution in [2.24, 2.45) is 5.41 Å². The summed E-state index contributed by atoms with van der Waals surface area (Å²) in [6.07, 6.45) is -6.94. The number of carboxylic acid groups (broad SMARTS) is 1. The van der Waals surface area contributed by atoms with Crippen molar-refractivity contribution >= 4 is 5.97 Å². The van der Waals surface area contributed by atoms with Crippen molar-refractivity contribution in [3.63, 3.8) is 0 Å². The molecule has 0 aromatic rings. The Morgan fingerprint density at radius 2 is 1.86 bits per heavy atom. The normalized spacial score (nSPS) is 32.9. The van der Waals surface area contributed by atoms with E-state index in [1.807, 2.05) is 0 Å². The molecule has 0 atom stereocenters. The lowest BCUT2D eigenvalue weighted by Gasteiger charge is -2.45. The van der Waals surface area contributed by atoms with Crippen LogP contribution < -0.4 is 0 Å². The zero-order chi connectivity index (χ0) is 11.1. The summed E-state index contributed by atoms with van der Waals surface area (Å²) in [5.74, 6) is -6.59. The van der Waals surface area contributed by atoms with E-state index < -0.39 is 42.7 Å². The van der Waals surface area contributed by atoms with E-state index >= 15 is 0 Å². The quantitative estimate of drug-likeness (QED) is 0.695. The van der Waals surface area contributed by atoms with E-state index in [4.69, 9.17) is 10.2 Å². The third-order valence-electron chi connectivity index (χ3n) is 2.49. The van der Waals surface area contributed by atoms with Crippen LogP contribution in [-0.4, -0.2) is 34.6 Å². The smallest absolute Gasteiger partial charge is 0.323 e. The van der Waals surface area contributed by atoms with Crippen molar-refractivity contribution in [1.82, 2.24) is 0 Å². The van der Waals surface area contributed by atoms with Gasteiger partial charge in [-0.15, -0.1) is 0 Å². The molecular weight excluding hydrogens is 208 g/mol. The molecule has 7 heteroatoms. The fourth-order valence-corrected chi connectivity index (χ4v) is 1.54. The number of halogens is 4. The highest BCUT2D eigenvalue weighted by Gasteiger charge is 2.70. The van der Waals surface area contributed by atoms with Crippen LogP contribution in [0.4, 0.5) is 17.6 Å². The van der Waals surface area contributed by atoms with Crippen LogP contribution in [0.15, 0.2) is 0 Å². The van der Waals surface area contributed by atoms with Crippen LogP contribution in [0.2, 0.25) is 0 Å². The largest absolute Gasteiger partial charge is 0.481 e. The summed E-state index contributed by atoms with van der Waals surface area (Å²) in [4.78, 5) is 10.5. The Kier molecular flexibility index (Phi) is 2.47. The van der Waals surface area contributed by atoms with Gasteiger partial charge in [0.25, 0.3) is 0 Å². The molecule has 1 rings (SSSR count). The first kappa shape index (κ1) is 11.2. The van der Waals surface area contributed by atoms with E-state index in [0.29, 0.717) is 0 Å². The van der Waals surface area contributed by atoms with Gasteiger partial charge in [0.1, 0.15) is 5.41 Å². The van der Waals surface area contributed by atoms with Crippen LogP contribution in [-0.2, 0) is 4.79 Å². The van der Waals surface area contributed by atoms with Gasteiger partial charge in [-0.25, -0.2) is 8.78 Å². The lowest BCUT2D eigenvalue weighted by Crippen LogP contribution is -2.60. The van der Waals surface area contributed by atoms with Crippen molar-refractivity contribution in [3.8, 4) is 0 Å². The Balaban J connectivity index is 2.96. The Bertz CT molecular complexity index is 247. The number of carbonyl (C=O) groups is 1.